The Balaban J connectivity index is 1.83. The number of rotatable bonds is 2. The van der Waals surface area contributed by atoms with Crippen LogP contribution in [0.3, 0.4) is 0 Å². The predicted molar refractivity (Wildman–Crippen MR) is 74.5 cm³/mol. The molecular weight excluding hydrogens is 290 g/mol. The Kier molecular flexibility index (Phi) is 3.40. The lowest BCUT2D eigenvalue weighted by Crippen LogP contribution is -2.44. The molecule has 0 amide bonds. The van der Waals surface area contributed by atoms with E-state index >= 15 is 0 Å². The number of nitro groups is 1. The van der Waals surface area contributed by atoms with Crippen LogP contribution in [0.1, 0.15) is 31.2 Å². The molecule has 7 nitrogen and oxygen atoms in total. The van der Waals surface area contributed by atoms with E-state index in [0.29, 0.717) is 18.4 Å². The Morgan fingerprint density at radius 1 is 1.05 bits per heavy atom. The average Bonchev–Trinajstić information content (AvgIpc) is 2.91. The van der Waals surface area contributed by atoms with Crippen LogP contribution in [0.4, 0.5) is 5.69 Å². The Hall–Kier alpha value is -2.70. The first kappa shape index (κ1) is 14.2. The van der Waals surface area contributed by atoms with Gasteiger partial charge in [-0.1, -0.05) is 0 Å². The number of carbonyl (C=O) groups is 2. The van der Waals surface area contributed by atoms with Gasteiger partial charge in [-0.2, -0.15) is 0 Å². The molecule has 2 fully saturated rings. The predicted octanol–water partition coefficient (Wildman–Crippen LogP) is 2.35. The third kappa shape index (κ3) is 2.57. The number of carbonyl (C=O) groups excluding carboxylic acids is 2. The molecule has 0 unspecified atom stereocenters. The van der Waals surface area contributed by atoms with Crippen molar-refractivity contribution in [2.45, 2.75) is 31.5 Å². The average molecular weight is 303 g/mol. The summed E-state index contributed by atoms with van der Waals surface area (Å²) in [5.74, 6) is -2.52. The molecule has 2 aliphatic rings. The van der Waals surface area contributed by atoms with E-state index in [9.17, 15) is 19.7 Å². The Morgan fingerprint density at radius 2 is 1.59 bits per heavy atom. The number of esters is 2. The maximum Gasteiger partial charge on any atom is 0.348 e. The SMILES string of the molecule is O=C1OC2(CCCC2)OC(=O)C1=Cc1ccc([N+](=O)[O-])cc1. The van der Waals surface area contributed by atoms with Gasteiger partial charge in [-0.3, -0.25) is 10.1 Å². The molecule has 0 N–H and O–H groups in total. The summed E-state index contributed by atoms with van der Waals surface area (Å²) in [7, 11) is 0. The largest absolute Gasteiger partial charge is 0.419 e. The van der Waals surface area contributed by atoms with Gasteiger partial charge >= 0.3 is 11.9 Å². The second-order valence-corrected chi connectivity index (χ2v) is 5.30. The third-order valence-corrected chi connectivity index (χ3v) is 3.78. The molecule has 7 heteroatoms. The zero-order chi connectivity index (χ0) is 15.7. The lowest BCUT2D eigenvalue weighted by atomic mass is 10.1. The minimum Gasteiger partial charge on any atom is -0.419 e. The minimum atomic E-state index is -1.10. The van der Waals surface area contributed by atoms with Crippen molar-refractivity contribution >= 4 is 23.7 Å². The second-order valence-electron chi connectivity index (χ2n) is 5.30. The van der Waals surface area contributed by atoms with Crippen LogP contribution in [-0.4, -0.2) is 22.6 Å². The minimum absolute atomic E-state index is 0.0687. The van der Waals surface area contributed by atoms with Crippen molar-refractivity contribution in [2.75, 3.05) is 0 Å². The summed E-state index contributed by atoms with van der Waals surface area (Å²) in [6, 6.07) is 5.49. The van der Waals surface area contributed by atoms with E-state index < -0.39 is 22.6 Å². The second kappa shape index (κ2) is 5.25. The van der Waals surface area contributed by atoms with Crippen molar-refractivity contribution in [3.8, 4) is 0 Å². The molecule has 22 heavy (non-hydrogen) atoms. The normalized spacial score (nSPS) is 19.7. The lowest BCUT2D eigenvalue weighted by Gasteiger charge is -2.32. The highest BCUT2D eigenvalue weighted by Crippen LogP contribution is 2.38. The van der Waals surface area contributed by atoms with Crippen molar-refractivity contribution < 1.29 is 24.0 Å². The van der Waals surface area contributed by atoms with E-state index in [-0.39, 0.29) is 11.3 Å². The van der Waals surface area contributed by atoms with Gasteiger partial charge in [0.25, 0.3) is 11.5 Å². The molecule has 114 valence electrons. The van der Waals surface area contributed by atoms with Crippen LogP contribution in [0.15, 0.2) is 29.8 Å². The highest BCUT2D eigenvalue weighted by Gasteiger charge is 2.47. The number of hydrogen-bond acceptors (Lipinski definition) is 6. The molecular formula is C15H13NO6. The Morgan fingerprint density at radius 3 is 2.09 bits per heavy atom. The fourth-order valence-corrected chi connectivity index (χ4v) is 2.65. The molecule has 1 aromatic rings. The summed E-state index contributed by atoms with van der Waals surface area (Å²) >= 11 is 0. The zero-order valence-electron chi connectivity index (χ0n) is 11.6. The van der Waals surface area contributed by atoms with Gasteiger partial charge < -0.3 is 9.47 Å². The van der Waals surface area contributed by atoms with Crippen LogP contribution in [0.5, 0.6) is 0 Å². The molecule has 1 saturated carbocycles. The Labute approximate surface area is 125 Å². The molecule has 1 aliphatic heterocycles. The number of benzene rings is 1. The highest BCUT2D eigenvalue weighted by atomic mass is 16.7. The van der Waals surface area contributed by atoms with Gasteiger partial charge in [0.05, 0.1) is 4.92 Å². The molecule has 0 bridgehead atoms. The van der Waals surface area contributed by atoms with Crippen LogP contribution in [0, 0.1) is 10.1 Å². The molecule has 3 rings (SSSR count). The summed E-state index contributed by atoms with van der Waals surface area (Å²) in [6.45, 7) is 0. The van der Waals surface area contributed by atoms with Gasteiger partial charge in [-0.25, -0.2) is 9.59 Å². The number of nitrogens with zero attached hydrogens (tertiary/aromatic N) is 1. The number of hydrogen-bond donors (Lipinski definition) is 0. The zero-order valence-corrected chi connectivity index (χ0v) is 11.6. The first-order chi connectivity index (χ1) is 10.5. The topological polar surface area (TPSA) is 95.7 Å². The number of nitro benzene ring substituents is 1. The van der Waals surface area contributed by atoms with E-state index in [4.69, 9.17) is 9.47 Å². The van der Waals surface area contributed by atoms with Crippen molar-refractivity contribution in [1.29, 1.82) is 0 Å². The van der Waals surface area contributed by atoms with Gasteiger partial charge in [-0.05, 0) is 36.6 Å². The standard InChI is InChI=1S/C15H13NO6/c17-13-12(9-10-3-5-11(6-4-10)16(19)20)14(18)22-15(21-13)7-1-2-8-15/h3-6,9H,1-2,7-8H2. The molecule has 1 saturated heterocycles. The van der Waals surface area contributed by atoms with Gasteiger partial charge in [0.2, 0.25) is 0 Å². The van der Waals surface area contributed by atoms with E-state index in [1.807, 2.05) is 0 Å². The first-order valence-electron chi connectivity index (χ1n) is 6.92. The summed E-state index contributed by atoms with van der Waals surface area (Å²) in [4.78, 5) is 34.2. The first-order valence-corrected chi connectivity index (χ1v) is 6.92. The van der Waals surface area contributed by atoms with Crippen LogP contribution in [0.2, 0.25) is 0 Å². The van der Waals surface area contributed by atoms with Crippen LogP contribution >= 0.6 is 0 Å². The lowest BCUT2D eigenvalue weighted by molar-refractivity contribution is -0.384. The fourth-order valence-electron chi connectivity index (χ4n) is 2.65. The number of non-ortho nitro benzene ring substituents is 1. The third-order valence-electron chi connectivity index (χ3n) is 3.78. The fraction of sp³-hybridized carbons (Fsp3) is 0.333. The molecule has 0 atom stereocenters. The van der Waals surface area contributed by atoms with Gasteiger partial charge in [0.1, 0.15) is 5.57 Å². The number of ether oxygens (including phenoxy) is 2. The molecule has 1 aromatic carbocycles. The quantitative estimate of drug-likeness (QED) is 0.273. The summed E-state index contributed by atoms with van der Waals surface area (Å²) in [5.41, 5.74) is 0.212. The van der Waals surface area contributed by atoms with E-state index in [1.54, 1.807) is 0 Å². The Bertz CT molecular complexity index is 648. The van der Waals surface area contributed by atoms with Crippen LogP contribution in [-0.2, 0) is 19.1 Å². The van der Waals surface area contributed by atoms with Gasteiger partial charge in [-0.15, -0.1) is 0 Å². The smallest absolute Gasteiger partial charge is 0.348 e. The van der Waals surface area contributed by atoms with E-state index in [0.717, 1.165) is 12.8 Å². The van der Waals surface area contributed by atoms with Crippen molar-refractivity contribution in [3.05, 3.63) is 45.5 Å². The van der Waals surface area contributed by atoms with Gasteiger partial charge in [0, 0.05) is 25.0 Å². The summed E-state index contributed by atoms with van der Waals surface area (Å²) in [6.07, 6.45) is 4.06. The van der Waals surface area contributed by atoms with E-state index in [2.05, 4.69) is 0 Å². The van der Waals surface area contributed by atoms with Crippen LogP contribution in [0.25, 0.3) is 6.08 Å². The molecule has 1 spiro atoms. The molecule has 0 aromatic heterocycles. The molecule has 0 radical (unpaired) electrons. The van der Waals surface area contributed by atoms with Crippen LogP contribution < -0.4 is 0 Å². The van der Waals surface area contributed by atoms with Crippen molar-refractivity contribution in [3.63, 3.8) is 0 Å². The summed E-state index contributed by atoms with van der Waals surface area (Å²) in [5, 5.41) is 10.6. The van der Waals surface area contributed by atoms with E-state index in [1.165, 1.54) is 30.3 Å². The molecule has 1 aliphatic carbocycles. The summed E-state index contributed by atoms with van der Waals surface area (Å²) < 4.78 is 10.6. The van der Waals surface area contributed by atoms with Crippen molar-refractivity contribution in [1.82, 2.24) is 0 Å². The molecule has 1 heterocycles. The maximum absolute atomic E-state index is 12.0. The van der Waals surface area contributed by atoms with Crippen molar-refractivity contribution in [2.24, 2.45) is 0 Å². The van der Waals surface area contributed by atoms with Gasteiger partial charge in [0.15, 0.2) is 0 Å². The monoisotopic (exact) mass is 303 g/mol. The maximum atomic E-state index is 12.0. The highest BCUT2D eigenvalue weighted by molar-refractivity contribution is 6.18.